The third-order valence-corrected chi connectivity index (χ3v) is 4.29. The molecular formula is C12H21NO3. The third kappa shape index (κ3) is 1.51. The van der Waals surface area contributed by atoms with E-state index in [2.05, 4.69) is 0 Å². The number of aliphatic hydroxyl groups excluding tert-OH is 1. The first kappa shape index (κ1) is 11.7. The van der Waals surface area contributed by atoms with E-state index >= 15 is 0 Å². The molecule has 2 heterocycles. The van der Waals surface area contributed by atoms with Crippen molar-refractivity contribution in [2.45, 2.75) is 63.6 Å². The minimum Gasteiger partial charge on any atom is -0.465 e. The minimum atomic E-state index is -0.859. The summed E-state index contributed by atoms with van der Waals surface area (Å²) in [6.07, 6.45) is 3.15. The van der Waals surface area contributed by atoms with Gasteiger partial charge in [-0.25, -0.2) is 4.79 Å². The average molecular weight is 227 g/mol. The van der Waals surface area contributed by atoms with Crippen LogP contribution in [0, 0.1) is 5.92 Å². The summed E-state index contributed by atoms with van der Waals surface area (Å²) in [5.41, 5.74) is -0.497. The largest absolute Gasteiger partial charge is 0.465 e. The number of rotatable bonds is 2. The fourth-order valence-corrected chi connectivity index (χ4v) is 3.60. The van der Waals surface area contributed by atoms with Gasteiger partial charge in [0, 0.05) is 6.04 Å². The van der Waals surface area contributed by atoms with Crippen LogP contribution >= 0.6 is 0 Å². The van der Waals surface area contributed by atoms with Gasteiger partial charge in [-0.3, -0.25) is 4.90 Å². The van der Waals surface area contributed by atoms with Gasteiger partial charge in [0.25, 0.3) is 0 Å². The Morgan fingerprint density at radius 1 is 1.38 bits per heavy atom. The maximum atomic E-state index is 11.4. The van der Waals surface area contributed by atoms with Crippen LogP contribution in [-0.2, 0) is 0 Å². The van der Waals surface area contributed by atoms with Crippen molar-refractivity contribution in [2.24, 2.45) is 5.92 Å². The maximum absolute atomic E-state index is 11.4. The van der Waals surface area contributed by atoms with Crippen LogP contribution in [0.2, 0.25) is 0 Å². The van der Waals surface area contributed by atoms with Gasteiger partial charge in [0.1, 0.15) is 0 Å². The molecule has 0 spiro atoms. The van der Waals surface area contributed by atoms with E-state index < -0.39 is 17.7 Å². The van der Waals surface area contributed by atoms with E-state index in [0.717, 1.165) is 32.1 Å². The van der Waals surface area contributed by atoms with Crippen LogP contribution in [-0.4, -0.2) is 38.9 Å². The molecule has 0 radical (unpaired) electrons. The molecule has 3 atom stereocenters. The predicted molar refractivity (Wildman–Crippen MR) is 60.3 cm³/mol. The van der Waals surface area contributed by atoms with Gasteiger partial charge in [0.2, 0.25) is 0 Å². The van der Waals surface area contributed by atoms with Gasteiger partial charge in [0.05, 0.1) is 11.6 Å². The molecule has 1 amide bonds. The van der Waals surface area contributed by atoms with Crippen molar-refractivity contribution in [1.29, 1.82) is 0 Å². The van der Waals surface area contributed by atoms with Crippen LogP contribution in [0.1, 0.15) is 46.0 Å². The highest BCUT2D eigenvalue weighted by atomic mass is 16.4. The Morgan fingerprint density at radius 2 is 2.06 bits per heavy atom. The van der Waals surface area contributed by atoms with E-state index in [1.165, 1.54) is 0 Å². The normalized spacial score (nSPS) is 35.5. The molecule has 92 valence electrons. The highest BCUT2D eigenvalue weighted by molar-refractivity contribution is 5.67. The predicted octanol–water partition coefficient (Wildman–Crippen LogP) is 2.07. The zero-order valence-corrected chi connectivity index (χ0v) is 10.0. The van der Waals surface area contributed by atoms with Crippen molar-refractivity contribution in [2.75, 3.05) is 0 Å². The van der Waals surface area contributed by atoms with Crippen molar-refractivity contribution < 1.29 is 15.0 Å². The summed E-state index contributed by atoms with van der Waals surface area (Å²) in [6, 6.07) is 0.139. The molecule has 0 aromatic heterocycles. The van der Waals surface area contributed by atoms with Gasteiger partial charge in [-0.2, -0.15) is 0 Å². The summed E-state index contributed by atoms with van der Waals surface area (Å²) in [6.45, 7) is 3.92. The van der Waals surface area contributed by atoms with Gasteiger partial charge >= 0.3 is 6.09 Å². The molecule has 0 aromatic rings. The Labute approximate surface area is 96.3 Å². The second kappa shape index (κ2) is 3.91. The summed E-state index contributed by atoms with van der Waals surface area (Å²) in [4.78, 5) is 12.9. The smallest absolute Gasteiger partial charge is 0.408 e. The van der Waals surface area contributed by atoms with Gasteiger partial charge in [0.15, 0.2) is 0 Å². The first-order valence-corrected chi connectivity index (χ1v) is 6.19. The van der Waals surface area contributed by atoms with Crippen molar-refractivity contribution in [3.8, 4) is 0 Å². The monoisotopic (exact) mass is 227 g/mol. The highest BCUT2D eigenvalue weighted by Crippen LogP contribution is 2.47. The van der Waals surface area contributed by atoms with E-state index in [1.54, 1.807) is 4.90 Å². The van der Waals surface area contributed by atoms with E-state index in [4.69, 9.17) is 0 Å². The zero-order valence-electron chi connectivity index (χ0n) is 10.0. The lowest BCUT2D eigenvalue weighted by molar-refractivity contribution is -0.0544. The Bertz CT molecular complexity index is 288. The molecule has 2 bridgehead atoms. The van der Waals surface area contributed by atoms with Crippen LogP contribution < -0.4 is 0 Å². The van der Waals surface area contributed by atoms with Crippen LogP contribution in [0.3, 0.4) is 0 Å². The Morgan fingerprint density at radius 3 is 2.62 bits per heavy atom. The molecule has 4 nitrogen and oxygen atoms in total. The topological polar surface area (TPSA) is 60.8 Å². The molecule has 2 fully saturated rings. The Hall–Kier alpha value is -0.770. The molecule has 2 aliphatic heterocycles. The molecule has 0 saturated carbocycles. The Kier molecular flexibility index (Phi) is 2.86. The van der Waals surface area contributed by atoms with Gasteiger partial charge in [-0.05, 0) is 38.0 Å². The molecule has 16 heavy (non-hydrogen) atoms. The van der Waals surface area contributed by atoms with Gasteiger partial charge in [-0.1, -0.05) is 13.8 Å². The third-order valence-electron chi connectivity index (χ3n) is 4.29. The van der Waals surface area contributed by atoms with E-state index in [1.807, 2.05) is 13.8 Å². The summed E-state index contributed by atoms with van der Waals surface area (Å²) < 4.78 is 0. The fourth-order valence-electron chi connectivity index (χ4n) is 3.60. The molecule has 0 aliphatic carbocycles. The fraction of sp³-hybridized carbons (Fsp3) is 0.917. The molecule has 3 unspecified atom stereocenters. The highest BCUT2D eigenvalue weighted by Gasteiger charge is 2.55. The molecule has 2 saturated heterocycles. The second-order valence-corrected chi connectivity index (χ2v) is 5.53. The summed E-state index contributed by atoms with van der Waals surface area (Å²) in [7, 11) is 0. The zero-order chi connectivity index (χ0) is 11.9. The number of nitrogens with zero attached hydrogens (tertiary/aromatic N) is 1. The maximum Gasteiger partial charge on any atom is 0.408 e. The number of fused-ring (bicyclic) bond motifs is 2. The van der Waals surface area contributed by atoms with E-state index in [-0.39, 0.29) is 12.0 Å². The standard InChI is InChI=1S/C12H21NO3/c1-8(2)10(14)12-6-3-4-9(5-7-12)13(12)11(15)16/h8-10,14H,3-7H2,1-2H3,(H,15,16). The summed E-state index contributed by atoms with van der Waals surface area (Å²) in [5, 5.41) is 19.7. The first-order chi connectivity index (χ1) is 7.49. The molecule has 2 aliphatic rings. The SMILES string of the molecule is CC(C)C(O)C12CCCC(CC1)N2C(=O)O. The van der Waals surface area contributed by atoms with Crippen molar-refractivity contribution in [3.63, 3.8) is 0 Å². The minimum absolute atomic E-state index is 0.110. The second-order valence-electron chi connectivity index (χ2n) is 5.53. The number of hydrogen-bond donors (Lipinski definition) is 2. The lowest BCUT2D eigenvalue weighted by Crippen LogP contribution is -2.60. The van der Waals surface area contributed by atoms with Crippen molar-refractivity contribution in [3.05, 3.63) is 0 Å². The van der Waals surface area contributed by atoms with Crippen molar-refractivity contribution >= 4 is 6.09 Å². The average Bonchev–Trinajstić information content (AvgIpc) is 2.46. The molecule has 4 heteroatoms. The number of carbonyl (C=O) groups is 1. The van der Waals surface area contributed by atoms with E-state index in [0.29, 0.717) is 0 Å². The lowest BCUT2D eigenvalue weighted by Gasteiger charge is -2.47. The van der Waals surface area contributed by atoms with Crippen LogP contribution in [0.25, 0.3) is 0 Å². The summed E-state index contributed by atoms with van der Waals surface area (Å²) in [5.74, 6) is 0.110. The van der Waals surface area contributed by atoms with E-state index in [9.17, 15) is 15.0 Å². The van der Waals surface area contributed by atoms with Gasteiger partial charge < -0.3 is 10.2 Å². The number of aliphatic hydroxyl groups is 1. The molecular weight excluding hydrogens is 206 g/mol. The first-order valence-electron chi connectivity index (χ1n) is 6.19. The van der Waals surface area contributed by atoms with Gasteiger partial charge in [-0.15, -0.1) is 0 Å². The Balaban J connectivity index is 2.32. The summed E-state index contributed by atoms with van der Waals surface area (Å²) >= 11 is 0. The number of hydrogen-bond acceptors (Lipinski definition) is 2. The molecule has 2 rings (SSSR count). The van der Waals surface area contributed by atoms with Crippen LogP contribution in [0.4, 0.5) is 4.79 Å². The number of carboxylic acid groups (broad SMARTS) is 1. The van der Waals surface area contributed by atoms with Crippen LogP contribution in [0.15, 0.2) is 0 Å². The van der Waals surface area contributed by atoms with Crippen LogP contribution in [0.5, 0.6) is 0 Å². The number of amides is 1. The molecule has 0 aromatic carbocycles. The number of piperidine rings is 1. The molecule has 2 N–H and O–H groups in total. The lowest BCUT2D eigenvalue weighted by atomic mass is 9.78. The quantitative estimate of drug-likeness (QED) is 0.759. The van der Waals surface area contributed by atoms with Crippen molar-refractivity contribution in [1.82, 2.24) is 4.90 Å².